The fourth-order valence-corrected chi connectivity index (χ4v) is 4.89. The summed E-state index contributed by atoms with van der Waals surface area (Å²) in [5.41, 5.74) is 1.28. The molecule has 1 aromatic carbocycles. The molecule has 0 spiro atoms. The van der Waals surface area contributed by atoms with Crippen LogP contribution in [0.1, 0.15) is 57.4 Å². The van der Waals surface area contributed by atoms with E-state index in [2.05, 4.69) is 29.7 Å². The van der Waals surface area contributed by atoms with Gasteiger partial charge in [-0.1, -0.05) is 38.0 Å². The second kappa shape index (κ2) is 8.90. The largest absolute Gasteiger partial charge is 0.496 e. The van der Waals surface area contributed by atoms with Crippen molar-refractivity contribution in [2.24, 2.45) is 11.8 Å². The standard InChI is InChI=1S/C22H34N2O2/c1-17(18-9-13-23-14-10-18)15-21(25)24-16-22(11-5-6-12-22)19-7-3-4-8-20(19)26-2/h3-4,7-8,17-18,23H,5-6,9-16H2,1-2H3,(H,24,25). The van der Waals surface area contributed by atoms with Crippen LogP contribution in [0.2, 0.25) is 0 Å². The molecule has 4 nitrogen and oxygen atoms in total. The van der Waals surface area contributed by atoms with Gasteiger partial charge in [-0.15, -0.1) is 0 Å². The van der Waals surface area contributed by atoms with Gasteiger partial charge in [-0.25, -0.2) is 0 Å². The van der Waals surface area contributed by atoms with Crippen LogP contribution in [0, 0.1) is 11.8 Å². The predicted molar refractivity (Wildman–Crippen MR) is 106 cm³/mol. The van der Waals surface area contributed by atoms with Crippen LogP contribution in [0.15, 0.2) is 24.3 Å². The molecular weight excluding hydrogens is 324 g/mol. The Morgan fingerprint density at radius 3 is 2.65 bits per heavy atom. The van der Waals surface area contributed by atoms with Crippen LogP contribution in [0.4, 0.5) is 0 Å². The van der Waals surface area contributed by atoms with E-state index >= 15 is 0 Å². The minimum Gasteiger partial charge on any atom is -0.496 e. The number of amides is 1. The van der Waals surface area contributed by atoms with Crippen molar-refractivity contribution in [3.05, 3.63) is 29.8 Å². The number of carbonyl (C=O) groups excluding carboxylic acids is 1. The van der Waals surface area contributed by atoms with Crippen molar-refractivity contribution in [2.75, 3.05) is 26.7 Å². The smallest absolute Gasteiger partial charge is 0.220 e. The average Bonchev–Trinajstić information content (AvgIpc) is 3.17. The molecule has 0 bridgehead atoms. The first-order chi connectivity index (χ1) is 12.6. The summed E-state index contributed by atoms with van der Waals surface area (Å²) in [6.07, 6.45) is 7.72. The third kappa shape index (κ3) is 4.40. The molecule has 2 N–H and O–H groups in total. The fourth-order valence-electron chi connectivity index (χ4n) is 4.89. The monoisotopic (exact) mass is 358 g/mol. The van der Waals surface area contributed by atoms with Crippen LogP contribution in [0.5, 0.6) is 5.75 Å². The zero-order valence-electron chi connectivity index (χ0n) is 16.4. The Morgan fingerprint density at radius 2 is 1.96 bits per heavy atom. The van der Waals surface area contributed by atoms with Crippen LogP contribution >= 0.6 is 0 Å². The minimum absolute atomic E-state index is 0.0280. The van der Waals surface area contributed by atoms with E-state index in [1.807, 2.05) is 12.1 Å². The van der Waals surface area contributed by atoms with Gasteiger partial charge < -0.3 is 15.4 Å². The van der Waals surface area contributed by atoms with E-state index in [1.54, 1.807) is 7.11 Å². The van der Waals surface area contributed by atoms with E-state index < -0.39 is 0 Å². The molecule has 0 aromatic heterocycles. The number of para-hydroxylation sites is 1. The van der Waals surface area contributed by atoms with Gasteiger partial charge in [0.1, 0.15) is 5.75 Å². The highest BCUT2D eigenvalue weighted by Gasteiger charge is 2.38. The van der Waals surface area contributed by atoms with Gasteiger partial charge in [-0.05, 0) is 56.7 Å². The lowest BCUT2D eigenvalue weighted by molar-refractivity contribution is -0.122. The summed E-state index contributed by atoms with van der Waals surface area (Å²) in [5.74, 6) is 2.29. The van der Waals surface area contributed by atoms with Crippen LogP contribution in [0.25, 0.3) is 0 Å². The molecule has 26 heavy (non-hydrogen) atoms. The number of methoxy groups -OCH3 is 1. The van der Waals surface area contributed by atoms with E-state index in [0.717, 1.165) is 38.2 Å². The van der Waals surface area contributed by atoms with Crippen molar-refractivity contribution in [3.63, 3.8) is 0 Å². The molecule has 1 aliphatic heterocycles. The van der Waals surface area contributed by atoms with Gasteiger partial charge in [-0.3, -0.25) is 4.79 Å². The van der Waals surface area contributed by atoms with Gasteiger partial charge >= 0.3 is 0 Å². The summed E-state index contributed by atoms with van der Waals surface area (Å²) in [6.45, 7) is 5.15. The van der Waals surface area contributed by atoms with Gasteiger partial charge in [0.05, 0.1) is 7.11 Å². The van der Waals surface area contributed by atoms with Crippen LogP contribution < -0.4 is 15.4 Å². The maximum atomic E-state index is 12.6. The highest BCUT2D eigenvalue weighted by Crippen LogP contribution is 2.44. The summed E-state index contributed by atoms with van der Waals surface area (Å²) < 4.78 is 5.61. The molecule has 2 aliphatic rings. The lowest BCUT2D eigenvalue weighted by Gasteiger charge is -2.32. The normalized spacial score (nSPS) is 21.3. The molecule has 144 valence electrons. The fraction of sp³-hybridized carbons (Fsp3) is 0.682. The second-order valence-electron chi connectivity index (χ2n) is 8.23. The number of carbonyl (C=O) groups is 1. The Kier molecular flexibility index (Phi) is 6.58. The summed E-state index contributed by atoms with van der Waals surface area (Å²) in [6, 6.07) is 8.31. The van der Waals surface area contributed by atoms with Crippen molar-refractivity contribution >= 4 is 5.91 Å². The van der Waals surface area contributed by atoms with Crippen LogP contribution in [0.3, 0.4) is 0 Å². The van der Waals surface area contributed by atoms with Gasteiger partial charge in [0.2, 0.25) is 5.91 Å². The highest BCUT2D eigenvalue weighted by molar-refractivity contribution is 5.76. The summed E-state index contributed by atoms with van der Waals surface area (Å²) in [7, 11) is 1.74. The van der Waals surface area contributed by atoms with Gasteiger partial charge in [0, 0.05) is 23.9 Å². The molecular formula is C22H34N2O2. The maximum absolute atomic E-state index is 12.6. The Labute approximate surface area is 158 Å². The number of hydrogen-bond donors (Lipinski definition) is 2. The third-order valence-corrected chi connectivity index (χ3v) is 6.56. The van der Waals surface area contributed by atoms with E-state index in [9.17, 15) is 4.79 Å². The molecule has 2 fully saturated rings. The number of ether oxygens (including phenoxy) is 1. The molecule has 1 heterocycles. The Hall–Kier alpha value is -1.55. The van der Waals surface area contributed by atoms with Gasteiger partial charge in [0.25, 0.3) is 0 Å². The molecule has 1 atom stereocenters. The lowest BCUT2D eigenvalue weighted by Crippen LogP contribution is -2.40. The quantitative estimate of drug-likeness (QED) is 0.782. The van der Waals surface area contributed by atoms with Crippen molar-refractivity contribution in [1.29, 1.82) is 0 Å². The molecule has 1 unspecified atom stereocenters. The van der Waals surface area contributed by atoms with Gasteiger partial charge in [0.15, 0.2) is 0 Å². The van der Waals surface area contributed by atoms with E-state index in [0.29, 0.717) is 18.3 Å². The maximum Gasteiger partial charge on any atom is 0.220 e. The Balaban J connectivity index is 1.61. The van der Waals surface area contributed by atoms with Crippen LogP contribution in [-0.2, 0) is 10.2 Å². The Morgan fingerprint density at radius 1 is 1.27 bits per heavy atom. The van der Waals surface area contributed by atoms with E-state index in [1.165, 1.54) is 31.2 Å². The molecule has 4 heteroatoms. The number of benzene rings is 1. The first kappa shape index (κ1) is 19.2. The van der Waals surface area contributed by atoms with Crippen molar-refractivity contribution in [1.82, 2.24) is 10.6 Å². The van der Waals surface area contributed by atoms with E-state index in [-0.39, 0.29) is 11.3 Å². The number of hydrogen-bond acceptors (Lipinski definition) is 3. The van der Waals surface area contributed by atoms with Crippen LogP contribution in [-0.4, -0.2) is 32.7 Å². The van der Waals surface area contributed by atoms with E-state index in [4.69, 9.17) is 4.74 Å². The molecule has 3 rings (SSSR count). The minimum atomic E-state index is 0.0280. The summed E-state index contributed by atoms with van der Waals surface area (Å²) in [4.78, 5) is 12.6. The first-order valence-electron chi connectivity index (χ1n) is 10.3. The van der Waals surface area contributed by atoms with Crippen molar-refractivity contribution in [2.45, 2.75) is 57.3 Å². The highest BCUT2D eigenvalue weighted by atomic mass is 16.5. The zero-order valence-corrected chi connectivity index (χ0v) is 16.4. The number of rotatable bonds is 7. The summed E-state index contributed by atoms with van der Waals surface area (Å²) >= 11 is 0. The average molecular weight is 359 g/mol. The van der Waals surface area contributed by atoms with Crippen molar-refractivity contribution < 1.29 is 9.53 Å². The molecule has 1 amide bonds. The molecule has 1 aromatic rings. The predicted octanol–water partition coefficient (Wildman–Crippen LogP) is 3.65. The van der Waals surface area contributed by atoms with Gasteiger partial charge in [-0.2, -0.15) is 0 Å². The SMILES string of the molecule is COc1ccccc1C1(CNC(=O)CC(C)C2CCNCC2)CCCC1. The molecule has 0 radical (unpaired) electrons. The second-order valence-corrected chi connectivity index (χ2v) is 8.23. The molecule has 1 saturated carbocycles. The lowest BCUT2D eigenvalue weighted by atomic mass is 9.78. The first-order valence-corrected chi connectivity index (χ1v) is 10.3. The van der Waals surface area contributed by atoms with Crippen molar-refractivity contribution in [3.8, 4) is 5.75 Å². The third-order valence-electron chi connectivity index (χ3n) is 6.56. The Bertz CT molecular complexity index is 590. The number of nitrogens with one attached hydrogen (secondary N) is 2. The number of piperidine rings is 1. The molecule has 1 aliphatic carbocycles. The topological polar surface area (TPSA) is 50.4 Å². The zero-order chi connectivity index (χ0) is 18.4. The summed E-state index contributed by atoms with van der Waals surface area (Å²) in [5, 5.41) is 6.68. The molecule has 1 saturated heterocycles.